The zero-order valence-corrected chi connectivity index (χ0v) is 11.8. The molecule has 3 N–H and O–H groups in total. The van der Waals surface area contributed by atoms with Gasteiger partial charge in [0, 0.05) is 12.1 Å². The average Bonchev–Trinajstić information content (AvgIpc) is 2.78. The van der Waals surface area contributed by atoms with E-state index in [0.29, 0.717) is 6.42 Å². The highest BCUT2D eigenvalue weighted by atomic mass is 16.3. The largest absolute Gasteiger partial charge is 0.390 e. The van der Waals surface area contributed by atoms with Gasteiger partial charge >= 0.3 is 6.03 Å². The minimum Gasteiger partial charge on any atom is -0.390 e. The lowest BCUT2D eigenvalue weighted by molar-refractivity contribution is 0.144. The summed E-state index contributed by atoms with van der Waals surface area (Å²) in [5.41, 5.74) is 3.95. The van der Waals surface area contributed by atoms with Crippen molar-refractivity contribution in [1.82, 2.24) is 5.32 Å². The Kier molecular flexibility index (Phi) is 3.62. The molecule has 1 aliphatic rings. The first-order chi connectivity index (χ1) is 10.1. The molecule has 0 aromatic heterocycles. The maximum Gasteiger partial charge on any atom is 0.319 e. The molecule has 4 heteroatoms. The number of aliphatic hydroxyl groups excluding tert-OH is 1. The summed E-state index contributed by atoms with van der Waals surface area (Å²) < 4.78 is 0. The van der Waals surface area contributed by atoms with E-state index in [1.165, 1.54) is 0 Å². The lowest BCUT2D eigenvalue weighted by atomic mass is 10.1. The van der Waals surface area contributed by atoms with E-state index in [9.17, 15) is 9.90 Å². The molecule has 21 heavy (non-hydrogen) atoms. The standard InChI is InChI=1S/C17H18N2O2/c1-11-6-8-13(9-7-11)18-17(21)19-16-14-5-3-2-4-12(14)10-15(16)20/h2-9,15-16,20H,10H2,1H3,(H2,18,19,21)/t15-,16+/m1/s1. The highest BCUT2D eigenvalue weighted by Gasteiger charge is 2.31. The zero-order chi connectivity index (χ0) is 14.8. The number of fused-ring (bicyclic) bond motifs is 1. The quantitative estimate of drug-likeness (QED) is 0.793. The molecule has 3 rings (SSSR count). The molecule has 4 nitrogen and oxygen atoms in total. The first-order valence-corrected chi connectivity index (χ1v) is 7.03. The topological polar surface area (TPSA) is 61.4 Å². The number of carbonyl (C=O) groups is 1. The Morgan fingerprint density at radius 3 is 2.62 bits per heavy atom. The zero-order valence-electron chi connectivity index (χ0n) is 11.8. The van der Waals surface area contributed by atoms with Gasteiger partial charge in [-0.2, -0.15) is 0 Å². The average molecular weight is 282 g/mol. The number of anilines is 1. The predicted molar refractivity (Wildman–Crippen MR) is 82.2 cm³/mol. The number of benzene rings is 2. The molecule has 0 bridgehead atoms. The van der Waals surface area contributed by atoms with Crippen molar-refractivity contribution in [2.24, 2.45) is 0 Å². The van der Waals surface area contributed by atoms with Crippen LogP contribution in [0.3, 0.4) is 0 Å². The highest BCUT2D eigenvalue weighted by Crippen LogP contribution is 2.31. The van der Waals surface area contributed by atoms with E-state index in [1.54, 1.807) is 0 Å². The summed E-state index contributed by atoms with van der Waals surface area (Å²) >= 11 is 0. The van der Waals surface area contributed by atoms with Gasteiger partial charge in [-0.05, 0) is 30.2 Å². The van der Waals surface area contributed by atoms with Gasteiger partial charge in [0.25, 0.3) is 0 Å². The number of hydrogen-bond donors (Lipinski definition) is 3. The van der Waals surface area contributed by atoms with Gasteiger partial charge in [-0.25, -0.2) is 4.79 Å². The van der Waals surface area contributed by atoms with Gasteiger partial charge in [0.2, 0.25) is 0 Å². The molecular formula is C17H18N2O2. The lowest BCUT2D eigenvalue weighted by Gasteiger charge is -2.18. The summed E-state index contributed by atoms with van der Waals surface area (Å²) in [6, 6.07) is 14.7. The third kappa shape index (κ3) is 2.90. The van der Waals surface area contributed by atoms with E-state index in [0.717, 1.165) is 22.4 Å². The Hall–Kier alpha value is -2.33. The number of carbonyl (C=O) groups excluding carboxylic acids is 1. The van der Waals surface area contributed by atoms with Crippen molar-refractivity contribution in [2.75, 3.05) is 5.32 Å². The van der Waals surface area contributed by atoms with Crippen LogP contribution in [0.15, 0.2) is 48.5 Å². The van der Waals surface area contributed by atoms with Crippen LogP contribution in [0.1, 0.15) is 22.7 Å². The van der Waals surface area contributed by atoms with Crippen LogP contribution in [0.2, 0.25) is 0 Å². The second kappa shape index (κ2) is 5.58. The summed E-state index contributed by atoms with van der Waals surface area (Å²) in [5.74, 6) is 0. The molecule has 1 aliphatic carbocycles. The van der Waals surface area contributed by atoms with Crippen molar-refractivity contribution < 1.29 is 9.90 Å². The minimum atomic E-state index is -0.578. The molecule has 0 saturated heterocycles. The molecule has 2 aromatic rings. The van der Waals surface area contributed by atoms with Crippen LogP contribution in [-0.4, -0.2) is 17.2 Å². The second-order valence-electron chi connectivity index (χ2n) is 5.41. The van der Waals surface area contributed by atoms with Gasteiger partial charge in [-0.15, -0.1) is 0 Å². The van der Waals surface area contributed by atoms with Gasteiger partial charge in [0.05, 0.1) is 12.1 Å². The Balaban J connectivity index is 1.69. The molecule has 0 saturated carbocycles. The van der Waals surface area contributed by atoms with Crippen molar-refractivity contribution >= 4 is 11.7 Å². The van der Waals surface area contributed by atoms with Crippen molar-refractivity contribution in [3.05, 3.63) is 65.2 Å². The van der Waals surface area contributed by atoms with Gasteiger partial charge in [0.15, 0.2) is 0 Å². The summed E-state index contributed by atoms with van der Waals surface area (Å²) in [4.78, 5) is 12.1. The highest BCUT2D eigenvalue weighted by molar-refractivity contribution is 5.89. The van der Waals surface area contributed by atoms with E-state index in [4.69, 9.17) is 0 Å². The Morgan fingerprint density at radius 2 is 1.86 bits per heavy atom. The number of nitrogens with one attached hydrogen (secondary N) is 2. The predicted octanol–water partition coefficient (Wildman–Crippen LogP) is 2.77. The maximum absolute atomic E-state index is 12.1. The fourth-order valence-corrected chi connectivity index (χ4v) is 2.69. The lowest BCUT2D eigenvalue weighted by Crippen LogP contribution is -2.36. The molecule has 0 unspecified atom stereocenters. The van der Waals surface area contributed by atoms with Gasteiger partial charge < -0.3 is 15.7 Å². The van der Waals surface area contributed by atoms with Crippen LogP contribution in [0.5, 0.6) is 0 Å². The Bertz CT molecular complexity index is 652. The monoisotopic (exact) mass is 282 g/mol. The van der Waals surface area contributed by atoms with Crippen LogP contribution in [0.4, 0.5) is 10.5 Å². The van der Waals surface area contributed by atoms with Gasteiger partial charge in [-0.1, -0.05) is 42.0 Å². The van der Waals surface area contributed by atoms with Crippen LogP contribution in [-0.2, 0) is 6.42 Å². The van der Waals surface area contributed by atoms with Crippen molar-refractivity contribution in [3.63, 3.8) is 0 Å². The van der Waals surface area contributed by atoms with E-state index in [2.05, 4.69) is 10.6 Å². The summed E-state index contributed by atoms with van der Waals surface area (Å²) in [6.07, 6.45) is -0.00257. The number of aliphatic hydroxyl groups is 1. The number of hydrogen-bond acceptors (Lipinski definition) is 2. The first-order valence-electron chi connectivity index (χ1n) is 7.03. The van der Waals surface area contributed by atoms with E-state index < -0.39 is 6.10 Å². The molecule has 0 heterocycles. The van der Waals surface area contributed by atoms with Crippen LogP contribution in [0.25, 0.3) is 0 Å². The molecule has 0 spiro atoms. The molecule has 2 atom stereocenters. The fraction of sp³-hybridized carbons (Fsp3) is 0.235. The molecule has 108 valence electrons. The third-order valence-electron chi connectivity index (χ3n) is 3.80. The SMILES string of the molecule is Cc1ccc(NC(=O)N[C@H]2c3ccccc3C[C@H]2O)cc1. The molecular weight excluding hydrogens is 264 g/mol. The number of aryl methyl sites for hydroxylation is 1. The number of rotatable bonds is 2. The molecule has 0 radical (unpaired) electrons. The minimum absolute atomic E-state index is 0.306. The van der Waals surface area contributed by atoms with Crippen LogP contribution < -0.4 is 10.6 Å². The maximum atomic E-state index is 12.1. The van der Waals surface area contributed by atoms with E-state index >= 15 is 0 Å². The van der Waals surface area contributed by atoms with Crippen LogP contribution >= 0.6 is 0 Å². The van der Waals surface area contributed by atoms with Crippen molar-refractivity contribution in [2.45, 2.75) is 25.5 Å². The fourth-order valence-electron chi connectivity index (χ4n) is 2.69. The molecule has 0 fully saturated rings. The smallest absolute Gasteiger partial charge is 0.319 e. The molecule has 2 aromatic carbocycles. The first kappa shape index (κ1) is 13.6. The third-order valence-corrected chi connectivity index (χ3v) is 3.80. The van der Waals surface area contributed by atoms with Crippen molar-refractivity contribution in [3.8, 4) is 0 Å². The summed E-state index contributed by atoms with van der Waals surface area (Å²) in [7, 11) is 0. The molecule has 0 aliphatic heterocycles. The normalized spacial score (nSPS) is 19.9. The summed E-state index contributed by atoms with van der Waals surface area (Å²) in [5, 5.41) is 15.8. The molecule has 2 amide bonds. The van der Waals surface area contributed by atoms with Gasteiger partial charge in [-0.3, -0.25) is 0 Å². The van der Waals surface area contributed by atoms with Crippen LogP contribution in [0, 0.1) is 6.92 Å². The number of amides is 2. The van der Waals surface area contributed by atoms with E-state index in [1.807, 2.05) is 55.5 Å². The van der Waals surface area contributed by atoms with E-state index in [-0.39, 0.29) is 12.1 Å². The Labute approximate surface area is 123 Å². The summed E-state index contributed by atoms with van der Waals surface area (Å²) in [6.45, 7) is 2.00. The van der Waals surface area contributed by atoms with Gasteiger partial charge in [0.1, 0.15) is 0 Å². The number of urea groups is 1. The van der Waals surface area contributed by atoms with Crippen molar-refractivity contribution in [1.29, 1.82) is 0 Å². The Morgan fingerprint density at radius 1 is 1.14 bits per heavy atom. The second-order valence-corrected chi connectivity index (χ2v) is 5.41.